The topological polar surface area (TPSA) is 85.0 Å². The zero-order chi connectivity index (χ0) is 29.1. The van der Waals surface area contributed by atoms with E-state index >= 15 is 0 Å². The lowest BCUT2D eigenvalue weighted by molar-refractivity contribution is -0.385. The molecule has 4 aromatic rings. The number of amidine groups is 1. The summed E-state index contributed by atoms with van der Waals surface area (Å²) in [6, 6.07) is 24.7. The number of para-hydroxylation sites is 2. The molecule has 0 N–H and O–H groups in total. The van der Waals surface area contributed by atoms with E-state index in [0.29, 0.717) is 39.1 Å². The Morgan fingerprint density at radius 2 is 1.59 bits per heavy atom. The molecule has 0 bridgehead atoms. The quantitative estimate of drug-likeness (QED) is 0.126. The fraction of sp³-hybridized carbons (Fsp3) is 0.0345. The number of benzene rings is 4. The van der Waals surface area contributed by atoms with E-state index < -0.39 is 28.1 Å². The summed E-state index contributed by atoms with van der Waals surface area (Å²) in [4.78, 5) is 30.4. The number of rotatable bonds is 6. The van der Waals surface area contributed by atoms with E-state index in [2.05, 4.69) is 4.99 Å². The van der Waals surface area contributed by atoms with E-state index in [-0.39, 0.29) is 16.7 Å². The first-order valence-corrected chi connectivity index (χ1v) is 13.1. The van der Waals surface area contributed by atoms with E-state index in [4.69, 9.17) is 16.3 Å². The van der Waals surface area contributed by atoms with Crippen molar-refractivity contribution in [3.63, 3.8) is 0 Å². The van der Waals surface area contributed by atoms with E-state index in [1.54, 1.807) is 24.3 Å². The molecule has 5 rings (SSSR count). The number of aliphatic imine (C=N–C) groups is 1. The molecular formula is C29H17ClF3N3O4S. The highest BCUT2D eigenvalue weighted by atomic mass is 35.5. The summed E-state index contributed by atoms with van der Waals surface area (Å²) in [6.07, 6.45) is -3.14. The lowest BCUT2D eigenvalue weighted by Gasteiger charge is -2.15. The number of alkyl halides is 3. The number of amides is 1. The van der Waals surface area contributed by atoms with Crippen molar-refractivity contribution in [2.75, 3.05) is 4.90 Å². The van der Waals surface area contributed by atoms with Crippen LogP contribution in [0.2, 0.25) is 5.02 Å². The Kier molecular flexibility index (Phi) is 7.82. The third-order valence-electron chi connectivity index (χ3n) is 5.76. The fourth-order valence-electron chi connectivity index (χ4n) is 3.85. The van der Waals surface area contributed by atoms with Crippen LogP contribution in [0, 0.1) is 10.1 Å². The third kappa shape index (κ3) is 6.26. The molecule has 4 aromatic carbocycles. The van der Waals surface area contributed by atoms with Gasteiger partial charge in [0, 0.05) is 6.07 Å². The van der Waals surface area contributed by atoms with Crippen LogP contribution in [-0.4, -0.2) is 16.0 Å². The summed E-state index contributed by atoms with van der Waals surface area (Å²) in [7, 11) is 0. The first kappa shape index (κ1) is 27.9. The van der Waals surface area contributed by atoms with Crippen molar-refractivity contribution in [2.45, 2.75) is 6.18 Å². The molecule has 0 aromatic heterocycles. The Morgan fingerprint density at radius 3 is 2.22 bits per heavy atom. The van der Waals surface area contributed by atoms with E-state index in [9.17, 15) is 28.1 Å². The maximum Gasteiger partial charge on any atom is 0.416 e. The molecular weight excluding hydrogens is 579 g/mol. The molecule has 0 spiro atoms. The van der Waals surface area contributed by atoms with Crippen LogP contribution in [0.5, 0.6) is 11.5 Å². The lowest BCUT2D eigenvalue weighted by atomic mass is 10.1. The molecule has 1 heterocycles. The molecule has 41 heavy (non-hydrogen) atoms. The molecule has 0 aliphatic carbocycles. The number of hydrogen-bond donors (Lipinski definition) is 0. The van der Waals surface area contributed by atoms with Gasteiger partial charge >= 0.3 is 11.9 Å². The van der Waals surface area contributed by atoms with Gasteiger partial charge in [0.15, 0.2) is 5.17 Å². The minimum Gasteiger partial charge on any atom is -0.449 e. The van der Waals surface area contributed by atoms with E-state index in [0.717, 1.165) is 6.07 Å². The normalized spacial score (nSPS) is 15.5. The van der Waals surface area contributed by atoms with Crippen molar-refractivity contribution < 1.29 is 27.6 Å². The molecule has 7 nitrogen and oxygen atoms in total. The van der Waals surface area contributed by atoms with Gasteiger partial charge in [-0.25, -0.2) is 4.99 Å². The number of halogens is 4. The van der Waals surface area contributed by atoms with E-state index in [1.165, 1.54) is 28.8 Å². The van der Waals surface area contributed by atoms with Crippen LogP contribution in [0.4, 0.5) is 30.2 Å². The van der Waals surface area contributed by atoms with Gasteiger partial charge in [0.05, 0.1) is 31.8 Å². The molecule has 1 aliphatic heterocycles. The predicted octanol–water partition coefficient (Wildman–Crippen LogP) is 8.87. The second-order valence-corrected chi connectivity index (χ2v) is 9.96. The van der Waals surface area contributed by atoms with E-state index in [1.807, 2.05) is 48.5 Å². The van der Waals surface area contributed by atoms with Crippen molar-refractivity contribution in [2.24, 2.45) is 4.99 Å². The average Bonchev–Trinajstić information content (AvgIpc) is 3.24. The molecule has 0 saturated carbocycles. The van der Waals surface area contributed by atoms with Gasteiger partial charge in [-0.2, -0.15) is 13.2 Å². The molecule has 1 amide bonds. The summed E-state index contributed by atoms with van der Waals surface area (Å²) in [5.74, 6) is -0.718. The van der Waals surface area contributed by atoms with Gasteiger partial charge in [0.2, 0.25) is 5.75 Å². The second kappa shape index (κ2) is 11.5. The Bertz CT molecular complexity index is 1700. The first-order chi connectivity index (χ1) is 19.6. The Balaban J connectivity index is 1.44. The summed E-state index contributed by atoms with van der Waals surface area (Å²) >= 11 is 7.55. The molecule has 12 heteroatoms. The summed E-state index contributed by atoms with van der Waals surface area (Å²) in [5.41, 5.74) is -0.201. The number of nitrogens with zero attached hydrogens (tertiary/aromatic N) is 3. The van der Waals surface area contributed by atoms with Gasteiger partial charge < -0.3 is 4.74 Å². The van der Waals surface area contributed by atoms with Crippen LogP contribution in [0.3, 0.4) is 0 Å². The minimum absolute atomic E-state index is 0.0145. The Morgan fingerprint density at radius 1 is 0.927 bits per heavy atom. The molecule has 0 atom stereocenters. The minimum atomic E-state index is -4.76. The zero-order valence-corrected chi connectivity index (χ0v) is 22.3. The smallest absolute Gasteiger partial charge is 0.416 e. The van der Waals surface area contributed by atoms with Crippen molar-refractivity contribution >= 4 is 57.6 Å². The lowest BCUT2D eigenvalue weighted by Crippen LogP contribution is -2.28. The van der Waals surface area contributed by atoms with Crippen LogP contribution in [0.1, 0.15) is 11.1 Å². The molecule has 0 radical (unpaired) electrons. The largest absolute Gasteiger partial charge is 0.449 e. The van der Waals surface area contributed by atoms with Gasteiger partial charge in [-0.15, -0.1) is 0 Å². The predicted molar refractivity (Wildman–Crippen MR) is 153 cm³/mol. The van der Waals surface area contributed by atoms with Gasteiger partial charge in [0.1, 0.15) is 5.75 Å². The first-order valence-electron chi connectivity index (χ1n) is 11.9. The van der Waals surface area contributed by atoms with Crippen LogP contribution < -0.4 is 9.64 Å². The maximum atomic E-state index is 13.5. The van der Waals surface area contributed by atoms with Crippen LogP contribution in [0.15, 0.2) is 107 Å². The maximum absolute atomic E-state index is 13.5. The zero-order valence-electron chi connectivity index (χ0n) is 20.7. The van der Waals surface area contributed by atoms with Gasteiger partial charge in [-0.05, 0) is 71.9 Å². The monoisotopic (exact) mass is 595 g/mol. The fourth-order valence-corrected chi connectivity index (χ4v) is 5.08. The molecule has 0 unspecified atom stereocenters. The van der Waals surface area contributed by atoms with Gasteiger partial charge in [-0.3, -0.25) is 19.8 Å². The molecule has 1 saturated heterocycles. The standard InChI is InChI=1S/C29H17ClF3N3O4S/c30-22-15-18(11-13-24(22)40-25-14-12-19(29(31,32)33)17-23(25)36(38)39)16-26-27(37)35(21-9-5-2-6-10-21)28(41-26)34-20-7-3-1-4-8-20/h1-17H/b26-16-,34-28?. The number of anilines is 1. The Labute approximate surface area is 240 Å². The number of carbonyl (C=O) groups excluding carboxylic acids is 1. The van der Waals surface area contributed by atoms with Crippen molar-refractivity contribution in [1.82, 2.24) is 0 Å². The number of ether oxygens (including phenoxy) is 1. The number of hydrogen-bond acceptors (Lipinski definition) is 6. The average molecular weight is 596 g/mol. The van der Waals surface area contributed by atoms with Crippen LogP contribution in [-0.2, 0) is 11.0 Å². The summed E-state index contributed by atoms with van der Waals surface area (Å²) in [5, 5.41) is 11.9. The highest BCUT2D eigenvalue weighted by Gasteiger charge is 2.35. The second-order valence-electron chi connectivity index (χ2n) is 8.55. The number of thioether (sulfide) groups is 1. The van der Waals surface area contributed by atoms with Gasteiger partial charge in [-0.1, -0.05) is 54.1 Å². The SMILES string of the molecule is O=C1/C(=C/c2ccc(Oc3ccc(C(F)(F)F)cc3[N+](=O)[O-])c(Cl)c2)SC(=Nc2ccccc2)N1c1ccccc1. The highest BCUT2D eigenvalue weighted by molar-refractivity contribution is 8.19. The number of nitro groups is 1. The summed E-state index contributed by atoms with van der Waals surface area (Å²) < 4.78 is 44.6. The van der Waals surface area contributed by atoms with Crippen molar-refractivity contribution in [1.29, 1.82) is 0 Å². The third-order valence-corrected chi connectivity index (χ3v) is 7.02. The Hall–Kier alpha value is -4.61. The number of carbonyl (C=O) groups is 1. The van der Waals surface area contributed by atoms with Gasteiger partial charge in [0.25, 0.3) is 5.91 Å². The molecule has 1 fully saturated rings. The van der Waals surface area contributed by atoms with Crippen molar-refractivity contribution in [3.8, 4) is 11.5 Å². The summed E-state index contributed by atoms with van der Waals surface area (Å²) in [6.45, 7) is 0. The molecule has 206 valence electrons. The number of nitro benzene ring substituents is 1. The van der Waals surface area contributed by atoms with Crippen LogP contribution >= 0.6 is 23.4 Å². The highest BCUT2D eigenvalue weighted by Crippen LogP contribution is 2.41. The molecule has 1 aliphatic rings. The van der Waals surface area contributed by atoms with Crippen LogP contribution in [0.25, 0.3) is 6.08 Å². The van der Waals surface area contributed by atoms with Crippen molar-refractivity contribution in [3.05, 3.63) is 128 Å².